The molecule has 1 aromatic carbocycles. The van der Waals surface area contributed by atoms with E-state index in [-0.39, 0.29) is 0 Å². The molecule has 0 aliphatic heterocycles. The van der Waals surface area contributed by atoms with E-state index in [0.29, 0.717) is 0 Å². The number of nitrogens with zero attached hydrogens (tertiary/aromatic N) is 2. The first-order chi connectivity index (χ1) is 5.84. The first-order valence-corrected chi connectivity index (χ1v) is 4.97. The summed E-state index contributed by atoms with van der Waals surface area (Å²) in [5, 5.41) is 6.03. The molecule has 64 valence electrons. The Kier molecular flexibility index (Phi) is 3.67. The summed E-state index contributed by atoms with van der Waals surface area (Å²) in [6.45, 7) is 0. The van der Waals surface area contributed by atoms with Crippen molar-refractivity contribution in [1.29, 1.82) is 0 Å². The quantitative estimate of drug-likeness (QED) is 0.403. The van der Waals surface area contributed by atoms with Crippen LogP contribution in [0.1, 0.15) is 0 Å². The predicted octanol–water partition coefficient (Wildman–Crippen LogP) is 2.43. The summed E-state index contributed by atoms with van der Waals surface area (Å²) in [6.07, 6.45) is 1.99. The summed E-state index contributed by atoms with van der Waals surface area (Å²) in [5.74, 6) is 0. The van der Waals surface area contributed by atoms with Crippen molar-refractivity contribution in [2.75, 3.05) is 18.3 Å². The lowest BCUT2D eigenvalue weighted by Gasteiger charge is -2.11. The van der Waals surface area contributed by atoms with E-state index < -0.39 is 0 Å². The largest absolute Gasteiger partial charge is 0.268 e. The molecule has 0 N–H and O–H groups in total. The number of anilines is 1. The van der Waals surface area contributed by atoms with Crippen molar-refractivity contribution in [2.24, 2.45) is 5.10 Å². The van der Waals surface area contributed by atoms with Crippen molar-refractivity contribution in [3.05, 3.63) is 30.3 Å². The fourth-order valence-electron chi connectivity index (χ4n) is 0.828. The minimum atomic E-state index is 1.10. The van der Waals surface area contributed by atoms with E-state index in [4.69, 9.17) is 0 Å². The highest BCUT2D eigenvalue weighted by atomic mass is 32.2. The van der Waals surface area contributed by atoms with Crippen LogP contribution >= 0.6 is 11.8 Å². The highest BCUT2D eigenvalue weighted by Crippen LogP contribution is 2.10. The Morgan fingerprint density at radius 1 is 1.33 bits per heavy atom. The number of thioether (sulfide) groups is 1. The molecule has 1 aromatic rings. The Morgan fingerprint density at radius 3 is 2.58 bits per heavy atom. The van der Waals surface area contributed by atoms with Crippen LogP contribution in [0.4, 0.5) is 5.69 Å². The molecule has 2 nitrogen and oxygen atoms in total. The van der Waals surface area contributed by atoms with Crippen LogP contribution in [0.25, 0.3) is 0 Å². The maximum Gasteiger partial charge on any atom is 0.0801 e. The second kappa shape index (κ2) is 4.83. The Hall–Kier alpha value is -0.960. The second-order valence-corrected chi connectivity index (χ2v) is 3.00. The van der Waals surface area contributed by atoms with Gasteiger partial charge in [0.1, 0.15) is 0 Å². The number of hydrogen-bond acceptors (Lipinski definition) is 3. The van der Waals surface area contributed by atoms with E-state index >= 15 is 0 Å². The molecule has 0 aromatic heterocycles. The van der Waals surface area contributed by atoms with E-state index in [1.807, 2.05) is 54.2 Å². The summed E-state index contributed by atoms with van der Waals surface area (Å²) in [6, 6.07) is 10.0. The van der Waals surface area contributed by atoms with Crippen molar-refractivity contribution in [1.82, 2.24) is 0 Å². The monoisotopic (exact) mass is 180 g/mol. The summed E-state index contributed by atoms with van der Waals surface area (Å²) in [7, 11) is 1.93. The molecule has 0 saturated heterocycles. The standard InChI is InChI=1S/C9H12N2S/c1-11(10-8-12-2)9-6-4-3-5-7-9/h3-8H,1-2H3/b10-8+. The third-order valence-electron chi connectivity index (χ3n) is 1.46. The van der Waals surface area contributed by atoms with E-state index in [1.165, 1.54) is 0 Å². The zero-order chi connectivity index (χ0) is 8.81. The summed E-state index contributed by atoms with van der Waals surface area (Å²) in [5.41, 5.74) is 2.91. The van der Waals surface area contributed by atoms with Crippen molar-refractivity contribution in [3.8, 4) is 0 Å². The van der Waals surface area contributed by atoms with Crippen LogP contribution in [0, 0.1) is 0 Å². The zero-order valence-corrected chi connectivity index (χ0v) is 8.08. The Balaban J connectivity index is 2.65. The first kappa shape index (κ1) is 9.13. The van der Waals surface area contributed by atoms with Gasteiger partial charge in [0, 0.05) is 7.05 Å². The van der Waals surface area contributed by atoms with Crippen LogP contribution in [0.2, 0.25) is 0 Å². The molecule has 0 amide bonds. The molecule has 0 saturated carbocycles. The molecular weight excluding hydrogens is 168 g/mol. The SMILES string of the molecule is CS/C=N/N(C)c1ccccc1. The summed E-state index contributed by atoms with van der Waals surface area (Å²) in [4.78, 5) is 0. The Bertz CT molecular complexity index is 246. The summed E-state index contributed by atoms with van der Waals surface area (Å²) >= 11 is 1.59. The van der Waals surface area contributed by atoms with Crippen LogP contribution in [-0.4, -0.2) is 18.9 Å². The fraction of sp³-hybridized carbons (Fsp3) is 0.222. The molecule has 3 heteroatoms. The lowest BCUT2D eigenvalue weighted by Crippen LogP contribution is -2.07. The molecule has 0 spiro atoms. The molecule has 0 unspecified atom stereocenters. The van der Waals surface area contributed by atoms with Gasteiger partial charge in [-0.2, -0.15) is 5.10 Å². The van der Waals surface area contributed by atoms with E-state index in [2.05, 4.69) is 5.10 Å². The van der Waals surface area contributed by atoms with Gasteiger partial charge in [-0.3, -0.25) is 5.01 Å². The summed E-state index contributed by atoms with van der Waals surface area (Å²) < 4.78 is 0. The topological polar surface area (TPSA) is 15.6 Å². The van der Waals surface area contributed by atoms with Gasteiger partial charge in [0.05, 0.1) is 11.2 Å². The van der Waals surface area contributed by atoms with Gasteiger partial charge in [0.15, 0.2) is 0 Å². The molecule has 0 bridgehead atoms. The molecule has 0 radical (unpaired) electrons. The van der Waals surface area contributed by atoms with Crippen LogP contribution in [-0.2, 0) is 0 Å². The number of para-hydroxylation sites is 1. The zero-order valence-electron chi connectivity index (χ0n) is 7.27. The minimum absolute atomic E-state index is 1.10. The smallest absolute Gasteiger partial charge is 0.0801 e. The van der Waals surface area contributed by atoms with E-state index in [0.717, 1.165) is 5.69 Å². The van der Waals surface area contributed by atoms with Crippen LogP contribution in [0.15, 0.2) is 35.4 Å². The minimum Gasteiger partial charge on any atom is -0.268 e. The Morgan fingerprint density at radius 2 is 2.00 bits per heavy atom. The second-order valence-electron chi connectivity index (χ2n) is 2.32. The van der Waals surface area contributed by atoms with Gasteiger partial charge >= 0.3 is 0 Å². The maximum atomic E-state index is 4.18. The van der Waals surface area contributed by atoms with Gasteiger partial charge in [0.2, 0.25) is 0 Å². The molecule has 0 aliphatic carbocycles. The molecule has 12 heavy (non-hydrogen) atoms. The molecule has 0 fully saturated rings. The third kappa shape index (κ3) is 2.58. The van der Waals surface area contributed by atoms with Gasteiger partial charge in [-0.1, -0.05) is 18.2 Å². The van der Waals surface area contributed by atoms with Gasteiger partial charge in [-0.15, -0.1) is 11.8 Å². The molecular formula is C9H12N2S. The van der Waals surface area contributed by atoms with Gasteiger partial charge in [-0.25, -0.2) is 0 Å². The highest BCUT2D eigenvalue weighted by molar-refractivity contribution is 8.11. The number of rotatable bonds is 3. The van der Waals surface area contributed by atoms with Crippen LogP contribution < -0.4 is 5.01 Å². The maximum absolute atomic E-state index is 4.18. The van der Waals surface area contributed by atoms with Crippen LogP contribution in [0.3, 0.4) is 0 Å². The Labute approximate surface area is 77.3 Å². The molecule has 0 atom stereocenters. The van der Waals surface area contributed by atoms with Crippen molar-refractivity contribution in [3.63, 3.8) is 0 Å². The third-order valence-corrected chi connectivity index (χ3v) is 1.76. The van der Waals surface area contributed by atoms with Crippen molar-refractivity contribution >= 4 is 23.0 Å². The predicted molar refractivity (Wildman–Crippen MR) is 56.9 cm³/mol. The van der Waals surface area contributed by atoms with Crippen molar-refractivity contribution < 1.29 is 0 Å². The number of benzene rings is 1. The van der Waals surface area contributed by atoms with Gasteiger partial charge < -0.3 is 0 Å². The van der Waals surface area contributed by atoms with E-state index in [9.17, 15) is 0 Å². The number of hydrazone groups is 1. The first-order valence-electron chi connectivity index (χ1n) is 3.68. The molecule has 1 rings (SSSR count). The highest BCUT2D eigenvalue weighted by Gasteiger charge is 1.93. The average molecular weight is 180 g/mol. The number of hydrogen-bond donors (Lipinski definition) is 0. The fourth-order valence-corrected chi connectivity index (χ4v) is 1.06. The van der Waals surface area contributed by atoms with E-state index in [1.54, 1.807) is 11.8 Å². The van der Waals surface area contributed by atoms with Gasteiger partial charge in [0.25, 0.3) is 0 Å². The van der Waals surface area contributed by atoms with Gasteiger partial charge in [-0.05, 0) is 18.4 Å². The van der Waals surface area contributed by atoms with Crippen molar-refractivity contribution in [2.45, 2.75) is 0 Å². The van der Waals surface area contributed by atoms with Crippen LogP contribution in [0.5, 0.6) is 0 Å². The normalized spacial score (nSPS) is 10.5. The lowest BCUT2D eigenvalue weighted by atomic mass is 10.3. The average Bonchev–Trinajstić information content (AvgIpc) is 2.15. The lowest BCUT2D eigenvalue weighted by molar-refractivity contribution is 1.03. The molecule has 0 aliphatic rings. The molecule has 0 heterocycles.